The zero-order valence-corrected chi connectivity index (χ0v) is 12.2. The van der Waals surface area contributed by atoms with Crippen molar-refractivity contribution in [2.75, 3.05) is 5.32 Å². The lowest BCUT2D eigenvalue weighted by Gasteiger charge is -2.06. The van der Waals surface area contributed by atoms with E-state index in [1.165, 1.54) is 6.07 Å². The highest BCUT2D eigenvalue weighted by Crippen LogP contribution is 2.21. The molecule has 0 aliphatic carbocycles. The van der Waals surface area contributed by atoms with Crippen molar-refractivity contribution in [3.8, 4) is 0 Å². The quantitative estimate of drug-likeness (QED) is 0.796. The van der Waals surface area contributed by atoms with Crippen LogP contribution in [-0.4, -0.2) is 10.9 Å². The number of fused-ring (bicyclic) bond motifs is 1. The zero-order valence-electron chi connectivity index (χ0n) is 11.4. The summed E-state index contributed by atoms with van der Waals surface area (Å²) in [5.74, 6) is -0.461. The van der Waals surface area contributed by atoms with Crippen LogP contribution in [0.25, 0.3) is 10.2 Å². The predicted molar refractivity (Wildman–Crippen MR) is 83.1 cm³/mol. The smallest absolute Gasteiger partial charge is 0.228 e. The lowest BCUT2D eigenvalue weighted by atomic mass is 10.1. The van der Waals surface area contributed by atoms with Gasteiger partial charge in [0.1, 0.15) is 5.82 Å². The van der Waals surface area contributed by atoms with E-state index in [-0.39, 0.29) is 18.1 Å². The number of rotatable bonds is 3. The number of carbonyl (C=O) groups excluding carboxylic acids is 1. The van der Waals surface area contributed by atoms with Crippen molar-refractivity contribution in [3.63, 3.8) is 0 Å². The Hall–Kier alpha value is -2.27. The van der Waals surface area contributed by atoms with Crippen molar-refractivity contribution >= 4 is 33.1 Å². The molecule has 0 bridgehead atoms. The van der Waals surface area contributed by atoms with Crippen molar-refractivity contribution < 1.29 is 9.18 Å². The molecular formula is C16H13FN2OS. The lowest BCUT2D eigenvalue weighted by Crippen LogP contribution is -2.14. The molecule has 1 amide bonds. The van der Waals surface area contributed by atoms with Gasteiger partial charge in [-0.25, -0.2) is 9.37 Å². The van der Waals surface area contributed by atoms with E-state index in [1.807, 2.05) is 18.2 Å². The largest absolute Gasteiger partial charge is 0.326 e. The molecule has 5 heteroatoms. The Morgan fingerprint density at radius 3 is 2.95 bits per heavy atom. The van der Waals surface area contributed by atoms with Gasteiger partial charge in [-0.1, -0.05) is 12.1 Å². The molecule has 0 fully saturated rings. The standard InChI is InChI=1S/C16H13FN2OS/c1-10-2-3-11(6-13(10)17)7-16(20)19-12-4-5-15-14(8-12)18-9-21-15/h2-6,8-9H,7H2,1H3,(H,19,20). The molecule has 3 nitrogen and oxygen atoms in total. The van der Waals surface area contributed by atoms with Gasteiger partial charge in [0.2, 0.25) is 5.91 Å². The fraction of sp³-hybridized carbons (Fsp3) is 0.125. The van der Waals surface area contributed by atoms with Crippen LogP contribution in [0.4, 0.5) is 10.1 Å². The Morgan fingerprint density at radius 1 is 1.29 bits per heavy atom. The van der Waals surface area contributed by atoms with Crippen LogP contribution in [0, 0.1) is 12.7 Å². The molecule has 3 rings (SSSR count). The number of aromatic nitrogens is 1. The molecule has 0 saturated heterocycles. The first-order chi connectivity index (χ1) is 10.1. The van der Waals surface area contributed by atoms with E-state index in [4.69, 9.17) is 0 Å². The van der Waals surface area contributed by atoms with Crippen LogP contribution in [0.1, 0.15) is 11.1 Å². The first kappa shape index (κ1) is 13.7. The molecule has 1 heterocycles. The summed E-state index contributed by atoms with van der Waals surface area (Å²) in [4.78, 5) is 16.2. The van der Waals surface area contributed by atoms with Crippen molar-refractivity contribution in [1.82, 2.24) is 4.98 Å². The summed E-state index contributed by atoms with van der Waals surface area (Å²) in [6, 6.07) is 10.4. The number of thiazole rings is 1. The minimum atomic E-state index is -0.288. The fourth-order valence-corrected chi connectivity index (χ4v) is 2.73. The van der Waals surface area contributed by atoms with Crippen LogP contribution in [-0.2, 0) is 11.2 Å². The van der Waals surface area contributed by atoms with Gasteiger partial charge in [-0.05, 0) is 42.3 Å². The average Bonchev–Trinajstić information content (AvgIpc) is 2.90. The average molecular weight is 300 g/mol. The van der Waals surface area contributed by atoms with Gasteiger partial charge in [-0.3, -0.25) is 4.79 Å². The molecule has 2 aromatic carbocycles. The Bertz CT molecular complexity index is 813. The Morgan fingerprint density at radius 2 is 2.14 bits per heavy atom. The van der Waals surface area contributed by atoms with Gasteiger partial charge in [0.05, 0.1) is 22.1 Å². The molecule has 1 aromatic heterocycles. The summed E-state index contributed by atoms with van der Waals surface area (Å²) in [5, 5.41) is 2.81. The van der Waals surface area contributed by atoms with Gasteiger partial charge in [0, 0.05) is 5.69 Å². The number of aryl methyl sites for hydroxylation is 1. The van der Waals surface area contributed by atoms with Crippen molar-refractivity contribution in [2.45, 2.75) is 13.3 Å². The highest BCUT2D eigenvalue weighted by Gasteiger charge is 2.07. The van der Waals surface area contributed by atoms with E-state index >= 15 is 0 Å². The Balaban J connectivity index is 1.71. The van der Waals surface area contributed by atoms with E-state index < -0.39 is 0 Å². The summed E-state index contributed by atoms with van der Waals surface area (Å²) in [6.45, 7) is 1.70. The molecular weight excluding hydrogens is 287 g/mol. The summed E-state index contributed by atoms with van der Waals surface area (Å²) in [6.07, 6.45) is 0.145. The Labute approximate surface area is 125 Å². The van der Waals surface area contributed by atoms with Gasteiger partial charge < -0.3 is 5.32 Å². The minimum Gasteiger partial charge on any atom is -0.326 e. The second-order valence-corrected chi connectivity index (χ2v) is 5.73. The summed E-state index contributed by atoms with van der Waals surface area (Å²) in [7, 11) is 0. The number of nitrogens with zero attached hydrogens (tertiary/aromatic N) is 1. The van der Waals surface area contributed by atoms with Gasteiger partial charge in [-0.15, -0.1) is 11.3 Å². The van der Waals surface area contributed by atoms with E-state index in [0.29, 0.717) is 16.8 Å². The maximum Gasteiger partial charge on any atom is 0.228 e. The van der Waals surface area contributed by atoms with Crippen molar-refractivity contribution in [2.24, 2.45) is 0 Å². The predicted octanol–water partition coefficient (Wildman–Crippen LogP) is 3.93. The molecule has 0 radical (unpaired) electrons. The van der Waals surface area contributed by atoms with E-state index in [1.54, 1.807) is 35.9 Å². The maximum absolute atomic E-state index is 13.5. The molecule has 0 atom stereocenters. The van der Waals surface area contributed by atoms with Crippen LogP contribution in [0.15, 0.2) is 41.9 Å². The van der Waals surface area contributed by atoms with Crippen molar-refractivity contribution in [1.29, 1.82) is 0 Å². The van der Waals surface area contributed by atoms with Gasteiger partial charge in [0.15, 0.2) is 0 Å². The molecule has 0 unspecified atom stereocenters. The van der Waals surface area contributed by atoms with Crippen molar-refractivity contribution in [3.05, 3.63) is 58.9 Å². The fourth-order valence-electron chi connectivity index (χ4n) is 2.07. The number of amides is 1. The highest BCUT2D eigenvalue weighted by atomic mass is 32.1. The lowest BCUT2D eigenvalue weighted by molar-refractivity contribution is -0.115. The van der Waals surface area contributed by atoms with E-state index in [0.717, 1.165) is 10.2 Å². The number of carbonyl (C=O) groups is 1. The maximum atomic E-state index is 13.5. The van der Waals surface area contributed by atoms with Gasteiger partial charge in [0.25, 0.3) is 0 Å². The second kappa shape index (κ2) is 5.61. The first-order valence-electron chi connectivity index (χ1n) is 6.50. The summed E-state index contributed by atoms with van der Waals surface area (Å²) >= 11 is 1.55. The number of anilines is 1. The normalized spacial score (nSPS) is 10.8. The minimum absolute atomic E-state index is 0.145. The number of benzene rings is 2. The van der Waals surface area contributed by atoms with Crippen LogP contribution in [0.5, 0.6) is 0 Å². The molecule has 21 heavy (non-hydrogen) atoms. The van der Waals surface area contributed by atoms with E-state index in [2.05, 4.69) is 10.3 Å². The summed E-state index contributed by atoms with van der Waals surface area (Å²) in [5.41, 5.74) is 4.56. The molecule has 106 valence electrons. The van der Waals surface area contributed by atoms with Gasteiger partial charge >= 0.3 is 0 Å². The zero-order chi connectivity index (χ0) is 14.8. The van der Waals surface area contributed by atoms with Crippen LogP contribution < -0.4 is 5.32 Å². The molecule has 1 N–H and O–H groups in total. The number of nitrogens with one attached hydrogen (secondary N) is 1. The van der Waals surface area contributed by atoms with Crippen LogP contribution in [0.3, 0.4) is 0 Å². The monoisotopic (exact) mass is 300 g/mol. The number of hydrogen-bond acceptors (Lipinski definition) is 3. The third-order valence-electron chi connectivity index (χ3n) is 3.22. The molecule has 0 aliphatic rings. The number of halogens is 1. The van der Waals surface area contributed by atoms with Gasteiger partial charge in [-0.2, -0.15) is 0 Å². The first-order valence-corrected chi connectivity index (χ1v) is 7.38. The van der Waals surface area contributed by atoms with Crippen LogP contribution in [0.2, 0.25) is 0 Å². The second-order valence-electron chi connectivity index (χ2n) is 4.84. The third-order valence-corrected chi connectivity index (χ3v) is 4.03. The SMILES string of the molecule is Cc1ccc(CC(=O)Nc2ccc3scnc3c2)cc1F. The highest BCUT2D eigenvalue weighted by molar-refractivity contribution is 7.16. The topological polar surface area (TPSA) is 42.0 Å². The number of hydrogen-bond donors (Lipinski definition) is 1. The molecule has 3 aromatic rings. The third kappa shape index (κ3) is 3.08. The molecule has 0 spiro atoms. The van der Waals surface area contributed by atoms with E-state index in [9.17, 15) is 9.18 Å². The Kier molecular flexibility index (Phi) is 3.66. The molecule has 0 saturated carbocycles. The summed E-state index contributed by atoms with van der Waals surface area (Å²) < 4.78 is 14.5. The van der Waals surface area contributed by atoms with Crippen LogP contribution >= 0.6 is 11.3 Å². The molecule has 0 aliphatic heterocycles.